The lowest BCUT2D eigenvalue weighted by Gasteiger charge is -2.21. The van der Waals surface area contributed by atoms with Crippen LogP contribution in [0.3, 0.4) is 0 Å². The number of halogens is 6. The van der Waals surface area contributed by atoms with E-state index in [2.05, 4.69) is 5.10 Å². The lowest BCUT2D eigenvalue weighted by atomic mass is 10.0. The molecule has 1 aromatic carbocycles. The third-order valence-electron chi connectivity index (χ3n) is 4.23. The van der Waals surface area contributed by atoms with E-state index in [1.807, 2.05) is 0 Å². The zero-order valence-corrected chi connectivity index (χ0v) is 17.0. The van der Waals surface area contributed by atoms with Crippen LogP contribution < -0.4 is 4.31 Å². The van der Waals surface area contributed by atoms with E-state index in [1.165, 1.54) is 25.6 Å². The maximum Gasteiger partial charge on any atom is 0.416 e. The smallest absolute Gasteiger partial charge is 0.273 e. The van der Waals surface area contributed by atoms with Gasteiger partial charge < -0.3 is 0 Å². The quantitative estimate of drug-likeness (QED) is 0.658. The minimum atomic E-state index is -5.09. The second-order valence-electron chi connectivity index (χ2n) is 6.66. The van der Waals surface area contributed by atoms with Crippen LogP contribution in [-0.4, -0.2) is 30.4 Å². The van der Waals surface area contributed by atoms with Crippen molar-refractivity contribution < 1.29 is 39.6 Å². The Bertz CT molecular complexity index is 1060. The Morgan fingerprint density at radius 2 is 1.50 bits per heavy atom. The van der Waals surface area contributed by atoms with Crippen molar-refractivity contribution in [2.75, 3.05) is 10.6 Å². The van der Waals surface area contributed by atoms with Gasteiger partial charge in [-0.25, -0.2) is 12.7 Å². The van der Waals surface area contributed by atoms with Gasteiger partial charge in [-0.2, -0.15) is 31.4 Å². The van der Waals surface area contributed by atoms with Crippen molar-refractivity contribution in [2.45, 2.75) is 32.6 Å². The molecule has 0 radical (unpaired) electrons. The number of carbonyl (C=O) groups is 1. The van der Waals surface area contributed by atoms with Crippen LogP contribution in [0.5, 0.6) is 0 Å². The first-order chi connectivity index (χ1) is 13.4. The summed E-state index contributed by atoms with van der Waals surface area (Å²) in [6.07, 6.45) is -10.5. The molecule has 2 rings (SSSR count). The maximum atomic E-state index is 13.0. The number of rotatable bonds is 4. The highest BCUT2D eigenvalue weighted by atomic mass is 32.2. The molecule has 0 aliphatic heterocycles. The molecule has 1 heterocycles. The summed E-state index contributed by atoms with van der Waals surface area (Å²) in [6, 6.07) is 0.699. The fraction of sp³-hybridized carbons (Fsp3) is 0.412. The van der Waals surface area contributed by atoms with E-state index in [0.717, 1.165) is 0 Å². The average Bonchev–Trinajstić information content (AvgIpc) is 2.78. The molecule has 0 aliphatic carbocycles. The van der Waals surface area contributed by atoms with Gasteiger partial charge in [-0.3, -0.25) is 9.48 Å². The zero-order chi connectivity index (χ0) is 23.2. The minimum absolute atomic E-state index is 0.0717. The summed E-state index contributed by atoms with van der Waals surface area (Å²) >= 11 is 0. The van der Waals surface area contributed by atoms with Gasteiger partial charge in [-0.1, -0.05) is 0 Å². The number of sulfonamides is 1. The summed E-state index contributed by atoms with van der Waals surface area (Å²) in [7, 11) is -2.77. The molecule has 1 aromatic heterocycles. The summed E-state index contributed by atoms with van der Waals surface area (Å²) in [6.45, 7) is 2.88. The van der Waals surface area contributed by atoms with E-state index >= 15 is 0 Å². The molecule has 0 N–H and O–H groups in total. The Labute approximate surface area is 168 Å². The van der Waals surface area contributed by atoms with Gasteiger partial charge in [0.05, 0.1) is 35.2 Å². The van der Waals surface area contributed by atoms with Gasteiger partial charge in [0, 0.05) is 7.05 Å². The molecule has 0 unspecified atom stereocenters. The van der Waals surface area contributed by atoms with Crippen molar-refractivity contribution in [3.63, 3.8) is 0 Å². The Hall–Kier alpha value is -2.57. The van der Waals surface area contributed by atoms with Gasteiger partial charge in [0.2, 0.25) is 15.9 Å². The summed E-state index contributed by atoms with van der Waals surface area (Å²) in [4.78, 5) is 12.7. The third-order valence-corrected chi connectivity index (χ3v) is 5.28. The Balaban J connectivity index is 2.58. The van der Waals surface area contributed by atoms with Crippen LogP contribution in [-0.2, 0) is 40.6 Å². The lowest BCUT2D eigenvalue weighted by Crippen LogP contribution is -2.38. The first-order valence-corrected chi connectivity index (χ1v) is 10.1. The van der Waals surface area contributed by atoms with Gasteiger partial charge in [0.1, 0.15) is 5.69 Å². The summed E-state index contributed by atoms with van der Waals surface area (Å²) in [5.41, 5.74) is -3.51. The number of hydrogen-bond donors (Lipinski definition) is 0. The van der Waals surface area contributed by atoms with Crippen molar-refractivity contribution in [3.05, 3.63) is 46.3 Å². The molecule has 0 saturated carbocycles. The van der Waals surface area contributed by atoms with E-state index in [1.54, 1.807) is 0 Å². The first kappa shape index (κ1) is 23.7. The molecular formula is C17H17F6N3O3S. The highest BCUT2D eigenvalue weighted by Crippen LogP contribution is 2.37. The normalized spacial score (nSPS) is 12.9. The fourth-order valence-electron chi connectivity index (χ4n) is 2.90. The van der Waals surface area contributed by atoms with E-state index in [0.29, 0.717) is 22.7 Å². The Morgan fingerprint density at radius 3 is 1.83 bits per heavy atom. The first-order valence-electron chi connectivity index (χ1n) is 8.24. The molecule has 6 nitrogen and oxygen atoms in total. The molecule has 0 saturated heterocycles. The van der Waals surface area contributed by atoms with Gasteiger partial charge in [-0.15, -0.1) is 0 Å². The van der Waals surface area contributed by atoms with Crippen LogP contribution in [0.1, 0.15) is 28.1 Å². The Kier molecular flexibility index (Phi) is 6.00. The van der Waals surface area contributed by atoms with Crippen LogP contribution in [0.15, 0.2) is 18.2 Å². The predicted octanol–water partition coefficient (Wildman–Crippen LogP) is 3.61. The van der Waals surface area contributed by atoms with Gasteiger partial charge in [0.25, 0.3) is 0 Å². The number of hydrogen-bond acceptors (Lipinski definition) is 4. The molecule has 13 heteroatoms. The van der Waals surface area contributed by atoms with Crippen LogP contribution in [0, 0.1) is 13.8 Å². The molecule has 0 spiro atoms. The average molecular weight is 457 g/mol. The van der Waals surface area contributed by atoms with Crippen molar-refractivity contribution >= 4 is 21.6 Å². The fourth-order valence-corrected chi connectivity index (χ4v) is 3.93. The zero-order valence-electron chi connectivity index (χ0n) is 16.2. The van der Waals surface area contributed by atoms with Crippen LogP contribution in [0.2, 0.25) is 0 Å². The lowest BCUT2D eigenvalue weighted by molar-refractivity contribution is -0.143. The highest BCUT2D eigenvalue weighted by molar-refractivity contribution is 7.92. The third kappa shape index (κ3) is 4.94. The van der Waals surface area contributed by atoms with E-state index in [9.17, 15) is 39.6 Å². The van der Waals surface area contributed by atoms with Gasteiger partial charge >= 0.3 is 12.4 Å². The number of benzene rings is 1. The second kappa shape index (κ2) is 7.60. The molecular weight excluding hydrogens is 440 g/mol. The van der Waals surface area contributed by atoms with Gasteiger partial charge in [-0.05, 0) is 37.6 Å². The van der Waals surface area contributed by atoms with Crippen molar-refractivity contribution in [3.8, 4) is 0 Å². The number of nitrogens with zero attached hydrogens (tertiary/aromatic N) is 3. The van der Waals surface area contributed by atoms with E-state index in [4.69, 9.17) is 0 Å². The number of aromatic nitrogens is 2. The number of amides is 1. The second-order valence-corrected chi connectivity index (χ2v) is 8.49. The molecule has 0 bridgehead atoms. The molecule has 2 aromatic rings. The molecule has 0 fully saturated rings. The molecule has 1 amide bonds. The highest BCUT2D eigenvalue weighted by Gasteiger charge is 2.38. The number of alkyl halides is 6. The molecule has 0 atom stereocenters. The van der Waals surface area contributed by atoms with Crippen molar-refractivity contribution in [2.24, 2.45) is 7.05 Å². The summed E-state index contributed by atoms with van der Waals surface area (Å²) in [5, 5.41) is 3.99. The van der Waals surface area contributed by atoms with Crippen molar-refractivity contribution in [1.29, 1.82) is 0 Å². The molecule has 30 heavy (non-hydrogen) atoms. The summed E-state index contributed by atoms with van der Waals surface area (Å²) < 4.78 is 104. The summed E-state index contributed by atoms with van der Waals surface area (Å²) in [5.74, 6) is -1.22. The number of aryl methyl sites for hydroxylation is 2. The number of carbonyl (C=O) groups excluding carboxylic acids is 1. The SMILES string of the molecule is Cc1nn(C)c(C)c1N(C(=O)Cc1cc(C(F)(F)F)cc(C(F)(F)F)c1)S(C)(=O)=O. The minimum Gasteiger partial charge on any atom is -0.273 e. The predicted molar refractivity (Wildman–Crippen MR) is 95.2 cm³/mol. The van der Waals surface area contributed by atoms with Crippen LogP contribution in [0.4, 0.5) is 32.0 Å². The van der Waals surface area contributed by atoms with Gasteiger partial charge in [0.15, 0.2) is 0 Å². The monoisotopic (exact) mass is 457 g/mol. The maximum absolute atomic E-state index is 13.0. The van der Waals surface area contributed by atoms with E-state index < -0.39 is 51.4 Å². The van der Waals surface area contributed by atoms with Crippen LogP contribution >= 0.6 is 0 Å². The Morgan fingerprint density at radius 1 is 1.03 bits per heavy atom. The topological polar surface area (TPSA) is 72.3 Å². The molecule has 0 aliphatic rings. The molecule has 166 valence electrons. The standard InChI is InChI=1S/C17H17F6N3O3S/c1-9-15(10(2)25(3)24-9)26(30(4,28)29)14(27)7-11-5-12(16(18,19)20)8-13(6-11)17(21,22)23/h5-6,8H,7H2,1-4H3. The van der Waals surface area contributed by atoms with Crippen molar-refractivity contribution in [1.82, 2.24) is 9.78 Å². The van der Waals surface area contributed by atoms with E-state index in [-0.39, 0.29) is 23.1 Å². The number of anilines is 1. The largest absolute Gasteiger partial charge is 0.416 e. The van der Waals surface area contributed by atoms with Crippen LogP contribution in [0.25, 0.3) is 0 Å².